The van der Waals surface area contributed by atoms with Crippen LogP contribution in [0.2, 0.25) is 0 Å². The Morgan fingerprint density at radius 1 is 1.08 bits per heavy atom. The molecule has 0 aromatic rings. The molecule has 0 amide bonds. The van der Waals surface area contributed by atoms with Crippen molar-refractivity contribution in [1.82, 2.24) is 0 Å². The summed E-state index contributed by atoms with van der Waals surface area (Å²) in [5.74, 6) is 5.95. The fourth-order valence-electron chi connectivity index (χ4n) is 0.952. The number of unbranched alkanes of at least 4 members (excludes halogenated alkanes) is 5. The van der Waals surface area contributed by atoms with Crippen LogP contribution in [0, 0.1) is 11.8 Å². The van der Waals surface area contributed by atoms with Crippen LogP contribution >= 0.6 is 11.6 Å². The average Bonchev–Trinajstić information content (AvgIpc) is 2.10. The molecule has 0 fully saturated rings. The second-order valence-electron chi connectivity index (χ2n) is 2.65. The molecule has 2 heteroatoms. The molecule has 0 heterocycles. The third kappa shape index (κ3) is 9.52. The van der Waals surface area contributed by atoms with Crippen molar-refractivity contribution in [3.05, 3.63) is 0 Å². The van der Waals surface area contributed by atoms with Gasteiger partial charge in [0.15, 0.2) is 6.29 Å². The van der Waals surface area contributed by atoms with E-state index >= 15 is 0 Å². The minimum absolute atomic E-state index is 0.646. The van der Waals surface area contributed by atoms with Gasteiger partial charge in [-0.2, -0.15) is 0 Å². The molecule has 0 rings (SSSR count). The molecule has 0 N–H and O–H groups in total. The monoisotopic (exact) mass is 186 g/mol. The molecule has 0 aliphatic rings. The zero-order valence-corrected chi connectivity index (χ0v) is 8.07. The largest absolute Gasteiger partial charge is 0.289 e. The first kappa shape index (κ1) is 11.5. The van der Waals surface area contributed by atoms with Crippen LogP contribution in [0.3, 0.4) is 0 Å². The van der Waals surface area contributed by atoms with Gasteiger partial charge in [0.2, 0.25) is 0 Å². The Balaban J connectivity index is 2.95. The van der Waals surface area contributed by atoms with Crippen molar-refractivity contribution in [3.8, 4) is 11.8 Å². The summed E-state index contributed by atoms with van der Waals surface area (Å²) in [6.45, 7) is 0. The molecule has 0 unspecified atom stereocenters. The van der Waals surface area contributed by atoms with Gasteiger partial charge in [-0.3, -0.25) is 4.79 Å². The fraction of sp³-hybridized carbons (Fsp3) is 0.700. The Morgan fingerprint density at radius 2 is 1.75 bits per heavy atom. The lowest BCUT2D eigenvalue weighted by atomic mass is 10.1. The van der Waals surface area contributed by atoms with E-state index in [1.807, 2.05) is 0 Å². The summed E-state index contributed by atoms with van der Waals surface area (Å²) in [6, 6.07) is 0. The maximum absolute atomic E-state index is 9.79. The van der Waals surface area contributed by atoms with Crippen molar-refractivity contribution < 1.29 is 4.79 Å². The molecule has 0 aliphatic heterocycles. The van der Waals surface area contributed by atoms with Gasteiger partial charge in [0.1, 0.15) is 0 Å². The summed E-state index contributed by atoms with van der Waals surface area (Å²) in [5.41, 5.74) is 0. The Hall–Kier alpha value is -0.480. The van der Waals surface area contributed by atoms with Gasteiger partial charge in [-0.25, -0.2) is 0 Å². The molecule has 0 saturated heterocycles. The number of alkyl halides is 1. The highest BCUT2D eigenvalue weighted by Crippen LogP contribution is 2.05. The first-order chi connectivity index (χ1) is 5.91. The minimum atomic E-state index is 0.646. The summed E-state index contributed by atoms with van der Waals surface area (Å²) in [5, 5.41) is 0. The lowest BCUT2D eigenvalue weighted by Crippen LogP contribution is -1.79. The fourth-order valence-corrected chi connectivity index (χ4v) is 1.14. The summed E-state index contributed by atoms with van der Waals surface area (Å²) in [6.07, 6.45) is 7.35. The average molecular weight is 187 g/mol. The van der Waals surface area contributed by atoms with Crippen molar-refractivity contribution in [3.63, 3.8) is 0 Å². The van der Waals surface area contributed by atoms with E-state index < -0.39 is 0 Å². The van der Waals surface area contributed by atoms with Gasteiger partial charge in [-0.15, -0.1) is 11.6 Å². The molecule has 0 bridgehead atoms. The number of hydrogen-bond acceptors (Lipinski definition) is 1. The molecular formula is C10H15ClO. The lowest BCUT2D eigenvalue weighted by molar-refractivity contribution is -0.103. The predicted molar refractivity (Wildman–Crippen MR) is 52.3 cm³/mol. The number of carbonyl (C=O) groups is 1. The Labute approximate surface area is 79.5 Å². The zero-order chi connectivity index (χ0) is 9.07. The molecule has 0 radical (unpaired) electrons. The number of hydrogen-bond donors (Lipinski definition) is 0. The summed E-state index contributed by atoms with van der Waals surface area (Å²) >= 11 is 5.52. The van der Waals surface area contributed by atoms with Crippen LogP contribution in [-0.4, -0.2) is 12.2 Å². The maximum atomic E-state index is 9.79. The van der Waals surface area contributed by atoms with Crippen molar-refractivity contribution in [2.24, 2.45) is 0 Å². The topological polar surface area (TPSA) is 17.1 Å². The van der Waals surface area contributed by atoms with Crippen LogP contribution in [0.1, 0.15) is 38.5 Å². The molecule has 1 nitrogen and oxygen atoms in total. The first-order valence-corrected chi connectivity index (χ1v) is 4.93. The Kier molecular flexibility index (Phi) is 10.1. The number of carbonyl (C=O) groups excluding carboxylic acids is 1. The van der Waals surface area contributed by atoms with E-state index in [0.717, 1.165) is 25.1 Å². The Bertz CT molecular complexity index is 155. The van der Waals surface area contributed by atoms with Crippen LogP contribution in [0.4, 0.5) is 0 Å². The van der Waals surface area contributed by atoms with Gasteiger partial charge < -0.3 is 0 Å². The number of halogens is 1. The second-order valence-corrected chi connectivity index (χ2v) is 3.02. The standard InChI is InChI=1S/C10H15ClO/c11-9-7-5-3-1-2-4-6-8-10-12/h10H,1-5,7,9H2. The Morgan fingerprint density at radius 3 is 2.42 bits per heavy atom. The van der Waals surface area contributed by atoms with Crippen LogP contribution < -0.4 is 0 Å². The van der Waals surface area contributed by atoms with E-state index in [1.165, 1.54) is 19.3 Å². The molecule has 0 spiro atoms. The molecule has 0 saturated carbocycles. The van der Waals surface area contributed by atoms with E-state index in [-0.39, 0.29) is 0 Å². The van der Waals surface area contributed by atoms with Crippen molar-refractivity contribution in [2.45, 2.75) is 38.5 Å². The molecule has 0 aliphatic carbocycles. The highest BCUT2D eigenvalue weighted by Gasteiger charge is 1.87. The normalized spacial score (nSPS) is 8.75. The summed E-state index contributed by atoms with van der Waals surface area (Å²) in [7, 11) is 0. The molecular weight excluding hydrogens is 172 g/mol. The highest BCUT2D eigenvalue weighted by molar-refractivity contribution is 6.17. The predicted octanol–water partition coefficient (Wildman–Crippen LogP) is 2.77. The highest BCUT2D eigenvalue weighted by atomic mass is 35.5. The van der Waals surface area contributed by atoms with Crippen molar-refractivity contribution >= 4 is 17.9 Å². The second kappa shape index (κ2) is 10.5. The van der Waals surface area contributed by atoms with Crippen molar-refractivity contribution in [2.75, 3.05) is 5.88 Å². The summed E-state index contributed by atoms with van der Waals surface area (Å²) in [4.78, 5) is 9.79. The smallest absolute Gasteiger partial charge is 0.192 e. The summed E-state index contributed by atoms with van der Waals surface area (Å²) < 4.78 is 0. The SMILES string of the molecule is O=CC#CCCCCCCCCl. The van der Waals surface area contributed by atoms with Gasteiger partial charge in [0.05, 0.1) is 0 Å². The van der Waals surface area contributed by atoms with Gasteiger partial charge in [0.25, 0.3) is 0 Å². The first-order valence-electron chi connectivity index (χ1n) is 4.40. The lowest BCUT2D eigenvalue weighted by Gasteiger charge is -1.95. The number of rotatable bonds is 6. The van der Waals surface area contributed by atoms with Gasteiger partial charge in [-0.1, -0.05) is 25.2 Å². The van der Waals surface area contributed by atoms with E-state index in [9.17, 15) is 4.79 Å². The quantitative estimate of drug-likeness (QED) is 0.270. The maximum Gasteiger partial charge on any atom is 0.192 e. The molecule has 12 heavy (non-hydrogen) atoms. The van der Waals surface area contributed by atoms with Crippen LogP contribution in [0.5, 0.6) is 0 Å². The van der Waals surface area contributed by atoms with E-state index in [0.29, 0.717) is 6.29 Å². The molecule has 0 aromatic carbocycles. The van der Waals surface area contributed by atoms with Crippen molar-refractivity contribution in [1.29, 1.82) is 0 Å². The van der Waals surface area contributed by atoms with E-state index in [4.69, 9.17) is 11.6 Å². The van der Waals surface area contributed by atoms with Crippen LogP contribution in [0.25, 0.3) is 0 Å². The van der Waals surface area contributed by atoms with Gasteiger partial charge in [-0.05, 0) is 18.8 Å². The minimum Gasteiger partial charge on any atom is -0.289 e. The molecule has 68 valence electrons. The zero-order valence-electron chi connectivity index (χ0n) is 7.31. The van der Waals surface area contributed by atoms with Crippen LogP contribution in [0.15, 0.2) is 0 Å². The molecule has 0 atom stereocenters. The third-order valence-corrected chi connectivity index (χ3v) is 1.86. The molecule has 0 aromatic heterocycles. The van der Waals surface area contributed by atoms with E-state index in [2.05, 4.69) is 11.8 Å². The van der Waals surface area contributed by atoms with Crippen LogP contribution in [-0.2, 0) is 4.79 Å². The van der Waals surface area contributed by atoms with Gasteiger partial charge >= 0.3 is 0 Å². The third-order valence-electron chi connectivity index (χ3n) is 1.60. The van der Waals surface area contributed by atoms with Gasteiger partial charge in [0, 0.05) is 12.3 Å². The van der Waals surface area contributed by atoms with E-state index in [1.54, 1.807) is 0 Å². The number of aldehydes is 1.